The van der Waals surface area contributed by atoms with E-state index in [1.165, 1.54) is 23.3 Å². The topological polar surface area (TPSA) is 64.7 Å². The summed E-state index contributed by atoms with van der Waals surface area (Å²) in [5.74, 6) is 1.32. The molecule has 0 spiro atoms. The molecule has 0 fully saturated rings. The number of nitrogens with two attached hydrogens (primary N) is 1. The quantitative estimate of drug-likeness (QED) is 0.746. The van der Waals surface area contributed by atoms with Crippen LogP contribution >= 0.6 is 22.7 Å². The number of fused-ring (bicyclic) bond motifs is 3. The second-order valence-corrected chi connectivity index (χ2v) is 6.66. The molecule has 2 N–H and O–H groups in total. The van der Waals surface area contributed by atoms with Gasteiger partial charge in [0.2, 0.25) is 0 Å². The van der Waals surface area contributed by atoms with Gasteiger partial charge in [0.15, 0.2) is 5.82 Å². The Balaban J connectivity index is 1.98. The van der Waals surface area contributed by atoms with Crippen LogP contribution in [-0.4, -0.2) is 15.0 Å². The molecule has 0 saturated heterocycles. The maximum absolute atomic E-state index is 6.17. The molecule has 6 heteroatoms. The maximum atomic E-state index is 6.17. The second-order valence-electron chi connectivity index (χ2n) is 4.69. The van der Waals surface area contributed by atoms with Gasteiger partial charge in [0, 0.05) is 11.1 Å². The van der Waals surface area contributed by atoms with E-state index in [9.17, 15) is 0 Å². The summed E-state index contributed by atoms with van der Waals surface area (Å²) in [4.78, 5) is 16.7. The van der Waals surface area contributed by atoms with E-state index in [0.29, 0.717) is 11.6 Å². The number of aryl methyl sites for hydroxylation is 2. The van der Waals surface area contributed by atoms with Crippen LogP contribution in [-0.2, 0) is 12.8 Å². The predicted octanol–water partition coefficient (Wildman–Crippen LogP) is 3.28. The van der Waals surface area contributed by atoms with Crippen LogP contribution in [0, 0.1) is 0 Å². The molecule has 4 nitrogen and oxygen atoms in total. The Morgan fingerprint density at radius 3 is 2.89 bits per heavy atom. The summed E-state index contributed by atoms with van der Waals surface area (Å²) >= 11 is 3.32. The van der Waals surface area contributed by atoms with E-state index in [4.69, 9.17) is 5.73 Å². The summed E-state index contributed by atoms with van der Waals surface area (Å²) in [6.07, 6.45) is 6.58. The van der Waals surface area contributed by atoms with E-state index in [-0.39, 0.29) is 0 Å². The van der Waals surface area contributed by atoms with Gasteiger partial charge in [-0.15, -0.1) is 22.7 Å². The van der Waals surface area contributed by atoms with Crippen molar-refractivity contribution in [2.45, 2.75) is 25.7 Å². The molecule has 0 saturated carbocycles. The zero-order chi connectivity index (χ0) is 12.8. The van der Waals surface area contributed by atoms with E-state index >= 15 is 0 Å². The number of thiazole rings is 1. The molecule has 3 aromatic heterocycles. The molecule has 4 rings (SSSR count). The van der Waals surface area contributed by atoms with Crippen LogP contribution in [0.2, 0.25) is 0 Å². The van der Waals surface area contributed by atoms with E-state index in [2.05, 4.69) is 15.0 Å². The number of anilines is 1. The normalized spacial score (nSPS) is 14.7. The molecule has 0 bridgehead atoms. The lowest BCUT2D eigenvalue weighted by molar-refractivity contribution is 0.700. The standard InChI is InChI=1S/C13H12N4S2/c14-11-10-7-3-1-2-4-8(7)19-13(10)17-12(16-11)9-5-15-6-18-9/h5-6H,1-4H2,(H2,14,16,17). The highest BCUT2D eigenvalue weighted by molar-refractivity contribution is 7.19. The fourth-order valence-corrected chi connectivity index (χ4v) is 4.44. The third-order valence-electron chi connectivity index (χ3n) is 3.50. The molecule has 0 aliphatic heterocycles. The van der Waals surface area contributed by atoms with Gasteiger partial charge >= 0.3 is 0 Å². The molecule has 3 heterocycles. The SMILES string of the molecule is Nc1nc(-c2cncs2)nc2sc3c(c12)CCCC3. The third-order valence-corrected chi connectivity index (χ3v) is 5.45. The minimum absolute atomic E-state index is 0.618. The predicted molar refractivity (Wildman–Crippen MR) is 79.6 cm³/mol. The second kappa shape index (κ2) is 4.25. The first-order valence-electron chi connectivity index (χ1n) is 6.29. The van der Waals surface area contributed by atoms with Crippen molar-refractivity contribution in [2.75, 3.05) is 5.73 Å². The van der Waals surface area contributed by atoms with Crippen LogP contribution in [0.4, 0.5) is 5.82 Å². The lowest BCUT2D eigenvalue weighted by Crippen LogP contribution is -2.01. The smallest absolute Gasteiger partial charge is 0.174 e. The molecule has 3 aromatic rings. The molecule has 0 amide bonds. The van der Waals surface area contributed by atoms with Gasteiger partial charge in [-0.05, 0) is 31.2 Å². The average Bonchev–Trinajstić information content (AvgIpc) is 3.05. The van der Waals surface area contributed by atoms with Crippen LogP contribution in [0.3, 0.4) is 0 Å². The summed E-state index contributed by atoms with van der Waals surface area (Å²) in [6, 6.07) is 0. The summed E-state index contributed by atoms with van der Waals surface area (Å²) in [7, 11) is 0. The number of nitrogens with zero attached hydrogens (tertiary/aromatic N) is 3. The number of thiophene rings is 1. The highest BCUT2D eigenvalue weighted by atomic mass is 32.1. The maximum Gasteiger partial charge on any atom is 0.174 e. The Labute approximate surface area is 118 Å². The molecule has 0 atom stereocenters. The number of hydrogen-bond acceptors (Lipinski definition) is 6. The minimum atomic E-state index is 0.618. The van der Waals surface area contributed by atoms with Gasteiger partial charge in [-0.1, -0.05) is 0 Å². The first-order chi connectivity index (χ1) is 9.33. The Morgan fingerprint density at radius 1 is 1.16 bits per heavy atom. The molecule has 1 aliphatic carbocycles. The summed E-state index contributed by atoms with van der Waals surface area (Å²) in [5.41, 5.74) is 9.35. The van der Waals surface area contributed by atoms with Crippen LogP contribution in [0.5, 0.6) is 0 Å². The van der Waals surface area contributed by atoms with Crippen molar-refractivity contribution in [1.29, 1.82) is 0 Å². The lowest BCUT2D eigenvalue weighted by atomic mass is 9.97. The van der Waals surface area contributed by atoms with Gasteiger partial charge in [-0.25, -0.2) is 9.97 Å². The Hall–Kier alpha value is -1.53. The number of rotatable bonds is 1. The molecule has 1 aliphatic rings. The van der Waals surface area contributed by atoms with Gasteiger partial charge in [0.1, 0.15) is 10.6 Å². The van der Waals surface area contributed by atoms with E-state index in [0.717, 1.165) is 27.9 Å². The molecule has 0 unspecified atom stereocenters. The van der Waals surface area contributed by atoms with Gasteiger partial charge in [-0.3, -0.25) is 4.98 Å². The van der Waals surface area contributed by atoms with E-state index < -0.39 is 0 Å². The molecular formula is C13H12N4S2. The van der Waals surface area contributed by atoms with E-state index in [1.54, 1.807) is 34.4 Å². The van der Waals surface area contributed by atoms with Crippen molar-refractivity contribution in [3.8, 4) is 10.7 Å². The van der Waals surface area contributed by atoms with Crippen molar-refractivity contribution < 1.29 is 0 Å². The average molecular weight is 288 g/mol. The highest BCUT2D eigenvalue weighted by Crippen LogP contribution is 2.38. The number of nitrogen functional groups attached to an aromatic ring is 1. The Kier molecular flexibility index (Phi) is 2.53. The van der Waals surface area contributed by atoms with Crippen molar-refractivity contribution >= 4 is 38.7 Å². The molecule has 96 valence electrons. The monoisotopic (exact) mass is 288 g/mol. The fourth-order valence-electron chi connectivity index (χ4n) is 2.62. The summed E-state index contributed by atoms with van der Waals surface area (Å²) in [6.45, 7) is 0. The van der Waals surface area contributed by atoms with Gasteiger partial charge in [0.25, 0.3) is 0 Å². The van der Waals surface area contributed by atoms with Crippen LogP contribution in [0.1, 0.15) is 23.3 Å². The number of hydrogen-bond donors (Lipinski definition) is 1. The zero-order valence-electron chi connectivity index (χ0n) is 10.2. The third kappa shape index (κ3) is 1.74. The van der Waals surface area contributed by atoms with Crippen LogP contribution in [0.15, 0.2) is 11.7 Å². The van der Waals surface area contributed by atoms with Crippen molar-refractivity contribution in [3.05, 3.63) is 22.1 Å². The first-order valence-corrected chi connectivity index (χ1v) is 7.99. The molecule has 0 aromatic carbocycles. The van der Waals surface area contributed by atoms with Gasteiger partial charge in [-0.2, -0.15) is 0 Å². The van der Waals surface area contributed by atoms with Gasteiger partial charge in [0.05, 0.1) is 15.8 Å². The summed E-state index contributed by atoms with van der Waals surface area (Å²) < 4.78 is 0. The van der Waals surface area contributed by atoms with Crippen molar-refractivity contribution in [1.82, 2.24) is 15.0 Å². The van der Waals surface area contributed by atoms with Crippen LogP contribution < -0.4 is 5.73 Å². The highest BCUT2D eigenvalue weighted by Gasteiger charge is 2.20. The molecular weight excluding hydrogens is 276 g/mol. The fraction of sp³-hybridized carbons (Fsp3) is 0.308. The largest absolute Gasteiger partial charge is 0.383 e. The zero-order valence-corrected chi connectivity index (χ0v) is 11.9. The van der Waals surface area contributed by atoms with Crippen molar-refractivity contribution in [3.63, 3.8) is 0 Å². The van der Waals surface area contributed by atoms with Crippen molar-refractivity contribution in [2.24, 2.45) is 0 Å². The number of aromatic nitrogens is 3. The first kappa shape index (κ1) is 11.3. The molecule has 19 heavy (non-hydrogen) atoms. The van der Waals surface area contributed by atoms with E-state index in [1.807, 2.05) is 0 Å². The van der Waals surface area contributed by atoms with Crippen LogP contribution in [0.25, 0.3) is 20.9 Å². The molecule has 0 radical (unpaired) electrons. The summed E-state index contributed by atoms with van der Waals surface area (Å²) in [5, 5.41) is 1.09. The minimum Gasteiger partial charge on any atom is -0.383 e. The lowest BCUT2D eigenvalue weighted by Gasteiger charge is -2.10. The Morgan fingerprint density at radius 2 is 2.05 bits per heavy atom. The Bertz CT molecular complexity index is 746. The van der Waals surface area contributed by atoms with Gasteiger partial charge < -0.3 is 5.73 Å².